The summed E-state index contributed by atoms with van der Waals surface area (Å²) in [5, 5.41) is 12.1. The Morgan fingerprint density at radius 3 is 2.39 bits per heavy atom. The summed E-state index contributed by atoms with van der Waals surface area (Å²) in [6.07, 6.45) is 4.72. The third-order valence-corrected chi connectivity index (χ3v) is 11.1. The first-order valence-corrected chi connectivity index (χ1v) is 20.1. The summed E-state index contributed by atoms with van der Waals surface area (Å²) < 4.78 is 49.6. The van der Waals surface area contributed by atoms with E-state index in [2.05, 4.69) is 14.6 Å². The van der Waals surface area contributed by atoms with Gasteiger partial charge in [0, 0.05) is 36.0 Å². The van der Waals surface area contributed by atoms with E-state index in [1.165, 1.54) is 18.2 Å². The molecule has 2 atom stereocenters. The molecule has 3 fully saturated rings. The summed E-state index contributed by atoms with van der Waals surface area (Å²) in [5.41, 5.74) is 3.83. The van der Waals surface area contributed by atoms with E-state index < -0.39 is 24.8 Å². The average Bonchev–Trinajstić information content (AvgIpc) is 3.24. The molecular weight excluding hydrogens is 805 g/mol. The molecule has 59 heavy (non-hydrogen) atoms. The fraction of sp³-hybridized carbons (Fsp3) is 0.318. The van der Waals surface area contributed by atoms with Gasteiger partial charge in [0.2, 0.25) is 0 Å². The van der Waals surface area contributed by atoms with Gasteiger partial charge in [-0.2, -0.15) is 13.5 Å². The molecule has 15 heteroatoms. The minimum Gasteiger partial charge on any atom is -0.619 e. The summed E-state index contributed by atoms with van der Waals surface area (Å²) in [6, 6.07) is 24.1. The second-order valence-corrected chi connectivity index (χ2v) is 15.2. The molecule has 3 aliphatic heterocycles. The van der Waals surface area contributed by atoms with Gasteiger partial charge in [-0.05, 0) is 97.9 Å². The number of ether oxygens (including phenoxy) is 4. The van der Waals surface area contributed by atoms with E-state index >= 15 is 0 Å². The summed E-state index contributed by atoms with van der Waals surface area (Å²) in [5.74, 6) is -0.559. The number of piperidine rings is 3. The number of fused-ring (bicyclic) bond motifs is 3. The van der Waals surface area contributed by atoms with Crippen LogP contribution in [0.3, 0.4) is 0 Å². The lowest BCUT2D eigenvalue weighted by molar-refractivity contribution is -0.605. The van der Waals surface area contributed by atoms with Gasteiger partial charge >= 0.3 is 18.7 Å². The summed E-state index contributed by atoms with van der Waals surface area (Å²) in [6.45, 7) is 1.84. The minimum absolute atomic E-state index is 0.0276. The van der Waals surface area contributed by atoms with E-state index in [-0.39, 0.29) is 52.8 Å². The SMILES string of the molecule is CCCOc1cc([C@H](Cc2c(Cl)c[n+]([O-])cc2Cl)OC(=O)c2ccc(CN(C(=O)O[C@H]3CN4CCC3CC4)c3cccc(-c4ccccn4)c3)cc2)ccc1OC(F)F. The number of hydrogen-bond acceptors (Lipinski definition) is 9. The number of nitrogens with zero attached hydrogens (tertiary/aromatic N) is 4. The Labute approximate surface area is 350 Å². The number of alkyl halides is 2. The predicted octanol–water partition coefficient (Wildman–Crippen LogP) is 9.46. The Kier molecular flexibility index (Phi) is 13.4. The molecule has 2 aromatic heterocycles. The smallest absolute Gasteiger partial charge is 0.414 e. The second kappa shape index (κ2) is 19.0. The number of benzene rings is 3. The van der Waals surface area contributed by atoms with Gasteiger partial charge in [0.15, 0.2) is 23.9 Å². The quantitative estimate of drug-likeness (QED) is 0.0577. The molecule has 3 aromatic carbocycles. The monoisotopic (exact) mass is 846 g/mol. The molecule has 3 aliphatic rings. The Morgan fingerprint density at radius 2 is 1.73 bits per heavy atom. The molecule has 1 amide bonds. The first kappa shape index (κ1) is 41.7. The van der Waals surface area contributed by atoms with Crippen LogP contribution in [0, 0.1) is 11.1 Å². The normalized spacial score (nSPS) is 17.6. The standard InChI is InChI=1S/C44H42Cl2F2N4O7/c1-2-20-56-40-22-32(13-14-38(40)58-43(47)48)39(23-34-35(45)25-51(55)26-36(34)46)57-42(53)30-11-9-28(10-12-30)24-52(44(54)59-41-27-50-18-15-29(41)16-19-50)33-7-5-6-31(21-33)37-8-3-4-17-49-37/h3-14,17,21-22,25-26,29,39,41,43H,2,15-16,18-20,23-24,27H2,1H3/t39-,41-/m0/s1. The van der Waals surface area contributed by atoms with Crippen molar-refractivity contribution in [3.8, 4) is 22.8 Å². The fourth-order valence-electron chi connectivity index (χ4n) is 7.37. The van der Waals surface area contributed by atoms with Gasteiger partial charge in [-0.1, -0.05) is 66.5 Å². The molecule has 308 valence electrons. The van der Waals surface area contributed by atoms with E-state index in [1.807, 2.05) is 49.4 Å². The lowest BCUT2D eigenvalue weighted by atomic mass is 9.86. The van der Waals surface area contributed by atoms with Gasteiger partial charge in [-0.15, -0.1) is 0 Å². The number of carbonyl (C=O) groups excluding carboxylic acids is 2. The molecule has 5 aromatic rings. The van der Waals surface area contributed by atoms with Gasteiger partial charge in [0.05, 0.1) is 24.4 Å². The topological polar surface area (TPSA) is 117 Å². The number of halogens is 4. The third kappa shape index (κ3) is 10.4. The van der Waals surface area contributed by atoms with Crippen molar-refractivity contribution in [1.29, 1.82) is 0 Å². The zero-order valence-corrected chi connectivity index (χ0v) is 33.7. The van der Waals surface area contributed by atoms with Crippen molar-refractivity contribution in [2.75, 3.05) is 31.1 Å². The van der Waals surface area contributed by atoms with Crippen LogP contribution >= 0.6 is 23.2 Å². The van der Waals surface area contributed by atoms with Crippen LogP contribution in [-0.4, -0.2) is 60.9 Å². The molecule has 0 N–H and O–H groups in total. The van der Waals surface area contributed by atoms with Crippen LogP contribution in [0.1, 0.15) is 59.3 Å². The Bertz CT molecular complexity index is 2220. The van der Waals surface area contributed by atoms with Crippen LogP contribution in [0.5, 0.6) is 11.5 Å². The van der Waals surface area contributed by atoms with Crippen molar-refractivity contribution < 1.29 is 42.0 Å². The maximum atomic E-state index is 14.0. The molecule has 0 aliphatic carbocycles. The lowest BCUT2D eigenvalue weighted by Gasteiger charge is -2.44. The van der Waals surface area contributed by atoms with Crippen molar-refractivity contribution in [1.82, 2.24) is 9.88 Å². The Hall–Kier alpha value is -5.50. The number of aromatic nitrogens is 2. The highest BCUT2D eigenvalue weighted by Gasteiger charge is 2.37. The number of rotatable bonds is 15. The zero-order valence-electron chi connectivity index (χ0n) is 32.1. The van der Waals surface area contributed by atoms with Gasteiger partial charge in [-0.3, -0.25) is 14.8 Å². The number of anilines is 1. The molecule has 8 rings (SSSR count). The average molecular weight is 848 g/mol. The highest BCUT2D eigenvalue weighted by Crippen LogP contribution is 2.37. The van der Waals surface area contributed by atoms with Gasteiger partial charge in [0.1, 0.15) is 22.3 Å². The first-order chi connectivity index (χ1) is 28.5. The van der Waals surface area contributed by atoms with Gasteiger partial charge in [-0.25, -0.2) is 9.59 Å². The molecule has 2 bridgehead atoms. The number of carbonyl (C=O) groups is 2. The van der Waals surface area contributed by atoms with E-state index in [0.717, 1.165) is 49.6 Å². The molecule has 11 nitrogen and oxygen atoms in total. The van der Waals surface area contributed by atoms with Crippen molar-refractivity contribution in [2.24, 2.45) is 5.92 Å². The van der Waals surface area contributed by atoms with Crippen molar-refractivity contribution in [3.05, 3.63) is 141 Å². The number of pyridine rings is 2. The van der Waals surface area contributed by atoms with E-state index in [9.17, 15) is 23.6 Å². The van der Waals surface area contributed by atoms with Crippen LogP contribution < -0.4 is 19.1 Å². The van der Waals surface area contributed by atoms with Crippen molar-refractivity contribution >= 4 is 41.0 Å². The third-order valence-electron chi connectivity index (χ3n) is 10.4. The number of amides is 1. The zero-order chi connectivity index (χ0) is 41.5. The van der Waals surface area contributed by atoms with E-state index in [0.29, 0.717) is 46.0 Å². The fourth-order valence-corrected chi connectivity index (χ4v) is 7.97. The molecule has 5 heterocycles. The van der Waals surface area contributed by atoms with Crippen LogP contribution in [0.15, 0.2) is 104 Å². The maximum absolute atomic E-state index is 14.0. The van der Waals surface area contributed by atoms with Gasteiger partial charge in [0.25, 0.3) is 0 Å². The van der Waals surface area contributed by atoms with Crippen molar-refractivity contribution in [2.45, 2.75) is 58.0 Å². The molecule has 0 spiro atoms. The summed E-state index contributed by atoms with van der Waals surface area (Å²) >= 11 is 12.8. The van der Waals surface area contributed by atoms with E-state index in [4.69, 9.17) is 37.4 Å². The Balaban J connectivity index is 1.14. The van der Waals surface area contributed by atoms with Crippen LogP contribution in [0.4, 0.5) is 19.3 Å². The van der Waals surface area contributed by atoms with Crippen LogP contribution in [0.2, 0.25) is 10.0 Å². The number of esters is 1. The lowest BCUT2D eigenvalue weighted by Crippen LogP contribution is -2.53. The van der Waals surface area contributed by atoms with Crippen LogP contribution in [-0.2, 0) is 22.4 Å². The highest BCUT2D eigenvalue weighted by atomic mass is 35.5. The number of hydrogen-bond donors (Lipinski definition) is 0. The second-order valence-electron chi connectivity index (χ2n) is 14.4. The highest BCUT2D eigenvalue weighted by molar-refractivity contribution is 6.35. The van der Waals surface area contributed by atoms with Crippen molar-refractivity contribution in [3.63, 3.8) is 0 Å². The molecular formula is C44H42Cl2F2N4O7. The summed E-state index contributed by atoms with van der Waals surface area (Å²) in [7, 11) is 0. The molecule has 0 saturated carbocycles. The summed E-state index contributed by atoms with van der Waals surface area (Å²) in [4.78, 5) is 36.3. The van der Waals surface area contributed by atoms with Crippen LogP contribution in [0.25, 0.3) is 11.3 Å². The maximum Gasteiger partial charge on any atom is 0.414 e. The molecule has 0 unspecified atom stereocenters. The molecule has 0 radical (unpaired) electrons. The largest absolute Gasteiger partial charge is 0.619 e. The molecule has 3 saturated heterocycles. The minimum atomic E-state index is -3.10. The Morgan fingerprint density at radius 1 is 0.966 bits per heavy atom. The van der Waals surface area contributed by atoms with E-state index in [1.54, 1.807) is 35.4 Å². The predicted molar refractivity (Wildman–Crippen MR) is 218 cm³/mol. The van der Waals surface area contributed by atoms with Gasteiger partial charge < -0.3 is 24.2 Å². The first-order valence-electron chi connectivity index (χ1n) is 19.3.